The van der Waals surface area contributed by atoms with Crippen LogP contribution in [0.2, 0.25) is 0 Å². The van der Waals surface area contributed by atoms with E-state index in [9.17, 15) is 14.4 Å². The second kappa shape index (κ2) is 4.50. The van der Waals surface area contributed by atoms with Crippen molar-refractivity contribution in [1.29, 1.82) is 0 Å². The number of hydrogen-bond donors (Lipinski definition) is 1. The van der Waals surface area contributed by atoms with E-state index in [1.54, 1.807) is 12.1 Å². The van der Waals surface area contributed by atoms with Crippen LogP contribution in [0.5, 0.6) is 0 Å². The quantitative estimate of drug-likeness (QED) is 0.587. The maximum Gasteiger partial charge on any atom is 0.249 e. The predicted molar refractivity (Wildman–Crippen MR) is 54.6 cm³/mol. The molecule has 0 aliphatic rings. The lowest BCUT2D eigenvalue weighted by Gasteiger charge is -2.03. The summed E-state index contributed by atoms with van der Waals surface area (Å²) >= 11 is 0. The molecular formula is C11H11NO3. The van der Waals surface area contributed by atoms with Crippen LogP contribution in [0.15, 0.2) is 24.3 Å². The van der Waals surface area contributed by atoms with E-state index in [0.29, 0.717) is 0 Å². The van der Waals surface area contributed by atoms with Gasteiger partial charge in [0.25, 0.3) is 0 Å². The average molecular weight is 205 g/mol. The summed E-state index contributed by atoms with van der Waals surface area (Å²) in [6.45, 7) is 1.32. The van der Waals surface area contributed by atoms with Gasteiger partial charge >= 0.3 is 0 Å². The molecule has 0 aliphatic carbocycles. The van der Waals surface area contributed by atoms with Crippen molar-refractivity contribution in [2.24, 2.45) is 5.73 Å². The highest BCUT2D eigenvalue weighted by atomic mass is 16.2. The van der Waals surface area contributed by atoms with Crippen molar-refractivity contribution in [2.75, 3.05) is 0 Å². The summed E-state index contributed by atoms with van der Waals surface area (Å²) in [5.41, 5.74) is 5.47. The molecule has 0 atom stereocenters. The highest BCUT2D eigenvalue weighted by Gasteiger charge is 2.15. The summed E-state index contributed by atoms with van der Waals surface area (Å²) in [5.74, 6) is -1.28. The molecule has 1 amide bonds. The van der Waals surface area contributed by atoms with Crippen molar-refractivity contribution in [3.63, 3.8) is 0 Å². The number of ketones is 2. The Balaban J connectivity index is 3.08. The van der Waals surface area contributed by atoms with Gasteiger partial charge in [-0.25, -0.2) is 0 Å². The van der Waals surface area contributed by atoms with Crippen LogP contribution >= 0.6 is 0 Å². The van der Waals surface area contributed by atoms with Crippen molar-refractivity contribution >= 4 is 17.5 Å². The minimum absolute atomic E-state index is 0.156. The first kappa shape index (κ1) is 11.1. The van der Waals surface area contributed by atoms with Crippen LogP contribution in [0.1, 0.15) is 34.1 Å². The summed E-state index contributed by atoms with van der Waals surface area (Å²) in [5, 5.41) is 0. The fourth-order valence-electron chi connectivity index (χ4n) is 1.26. The maximum atomic E-state index is 11.6. The number of amides is 1. The number of carbonyl (C=O) groups is 3. The molecule has 0 heterocycles. The van der Waals surface area contributed by atoms with Gasteiger partial charge in [-0.05, 0) is 13.0 Å². The molecule has 15 heavy (non-hydrogen) atoms. The largest absolute Gasteiger partial charge is 0.366 e. The topological polar surface area (TPSA) is 77.2 Å². The molecule has 1 aromatic carbocycles. The normalized spacial score (nSPS) is 9.67. The van der Waals surface area contributed by atoms with E-state index in [2.05, 4.69) is 0 Å². The second-order valence-electron chi connectivity index (χ2n) is 3.21. The summed E-state index contributed by atoms with van der Waals surface area (Å²) < 4.78 is 0. The number of carbonyl (C=O) groups excluding carboxylic acids is 3. The first-order chi connectivity index (χ1) is 7.02. The van der Waals surface area contributed by atoms with Crippen LogP contribution in [0.3, 0.4) is 0 Å². The third-order valence-electron chi connectivity index (χ3n) is 1.90. The predicted octanol–water partition coefficient (Wildman–Crippen LogP) is 0.947. The summed E-state index contributed by atoms with van der Waals surface area (Å²) in [4.78, 5) is 33.3. The molecule has 0 fully saturated rings. The lowest BCUT2D eigenvalue weighted by Crippen LogP contribution is -2.17. The van der Waals surface area contributed by atoms with E-state index in [1.165, 1.54) is 19.1 Å². The molecule has 4 heteroatoms. The molecule has 1 rings (SSSR count). The highest BCUT2D eigenvalue weighted by Crippen LogP contribution is 2.10. The van der Waals surface area contributed by atoms with Crippen LogP contribution in [0.25, 0.3) is 0 Å². The summed E-state index contributed by atoms with van der Waals surface area (Å²) in [6, 6.07) is 6.20. The van der Waals surface area contributed by atoms with Crippen LogP contribution in [0, 0.1) is 0 Å². The van der Waals surface area contributed by atoms with E-state index in [4.69, 9.17) is 5.73 Å². The van der Waals surface area contributed by atoms with E-state index < -0.39 is 5.91 Å². The molecule has 1 aromatic rings. The zero-order valence-corrected chi connectivity index (χ0v) is 8.32. The van der Waals surface area contributed by atoms with Gasteiger partial charge in [0.1, 0.15) is 5.78 Å². The van der Waals surface area contributed by atoms with E-state index >= 15 is 0 Å². The molecule has 0 aliphatic heterocycles. The molecule has 0 saturated heterocycles. The Bertz CT molecular complexity index is 424. The van der Waals surface area contributed by atoms with Gasteiger partial charge in [-0.1, -0.05) is 18.2 Å². The first-order valence-corrected chi connectivity index (χ1v) is 4.44. The maximum absolute atomic E-state index is 11.6. The zero-order chi connectivity index (χ0) is 11.4. The molecule has 0 spiro atoms. The standard InChI is InChI=1S/C11H11NO3/c1-7(13)6-10(14)8-4-2-3-5-9(8)11(12)15/h2-5H,6H2,1H3,(H2,12,15). The Kier molecular flexibility index (Phi) is 3.33. The van der Waals surface area contributed by atoms with Crippen LogP contribution in [-0.4, -0.2) is 17.5 Å². The second-order valence-corrected chi connectivity index (χ2v) is 3.21. The lowest BCUT2D eigenvalue weighted by atomic mass is 10.0. The van der Waals surface area contributed by atoms with Gasteiger partial charge in [0.15, 0.2) is 5.78 Å². The van der Waals surface area contributed by atoms with Gasteiger partial charge in [0.2, 0.25) is 5.91 Å². The highest BCUT2D eigenvalue weighted by molar-refractivity contribution is 6.13. The minimum atomic E-state index is -0.664. The molecule has 0 aromatic heterocycles. The SMILES string of the molecule is CC(=O)CC(=O)c1ccccc1C(N)=O. The molecule has 78 valence electrons. The number of nitrogens with two attached hydrogens (primary N) is 1. The third-order valence-corrected chi connectivity index (χ3v) is 1.90. The Morgan fingerprint density at radius 2 is 1.67 bits per heavy atom. The molecule has 0 saturated carbocycles. The van der Waals surface area contributed by atoms with Crippen molar-refractivity contribution in [3.05, 3.63) is 35.4 Å². The van der Waals surface area contributed by atoms with Gasteiger partial charge in [-0.15, -0.1) is 0 Å². The van der Waals surface area contributed by atoms with Gasteiger partial charge < -0.3 is 5.73 Å². The molecule has 0 unspecified atom stereocenters. The molecular weight excluding hydrogens is 194 g/mol. The van der Waals surface area contributed by atoms with Crippen LogP contribution in [-0.2, 0) is 4.79 Å². The van der Waals surface area contributed by atoms with Gasteiger partial charge in [-0.2, -0.15) is 0 Å². The zero-order valence-electron chi connectivity index (χ0n) is 8.32. The fraction of sp³-hybridized carbons (Fsp3) is 0.182. The van der Waals surface area contributed by atoms with Gasteiger partial charge in [0.05, 0.1) is 6.42 Å². The number of benzene rings is 1. The Morgan fingerprint density at radius 3 is 2.13 bits per heavy atom. The van der Waals surface area contributed by atoms with E-state index in [-0.39, 0.29) is 29.1 Å². The van der Waals surface area contributed by atoms with Crippen molar-refractivity contribution < 1.29 is 14.4 Å². The first-order valence-electron chi connectivity index (χ1n) is 4.44. The number of hydrogen-bond acceptors (Lipinski definition) is 3. The van der Waals surface area contributed by atoms with E-state index in [1.807, 2.05) is 0 Å². The van der Waals surface area contributed by atoms with Gasteiger partial charge in [0, 0.05) is 11.1 Å². The van der Waals surface area contributed by atoms with Crippen LogP contribution < -0.4 is 5.73 Å². The van der Waals surface area contributed by atoms with Crippen LogP contribution in [0.4, 0.5) is 0 Å². The van der Waals surface area contributed by atoms with Crippen molar-refractivity contribution in [2.45, 2.75) is 13.3 Å². The Morgan fingerprint density at radius 1 is 1.13 bits per heavy atom. The summed E-state index contributed by atoms with van der Waals surface area (Å²) in [7, 11) is 0. The summed E-state index contributed by atoms with van der Waals surface area (Å²) in [6.07, 6.45) is -0.204. The number of rotatable bonds is 4. The lowest BCUT2D eigenvalue weighted by molar-refractivity contribution is -0.116. The molecule has 0 radical (unpaired) electrons. The Labute approximate surface area is 87.1 Å². The third kappa shape index (κ3) is 2.74. The molecule has 4 nitrogen and oxygen atoms in total. The number of Topliss-reactive ketones (excluding diaryl/α,β-unsaturated/α-hetero) is 2. The molecule has 2 N–H and O–H groups in total. The number of primary amides is 1. The van der Waals surface area contributed by atoms with E-state index in [0.717, 1.165) is 0 Å². The Hall–Kier alpha value is -1.97. The fourth-order valence-corrected chi connectivity index (χ4v) is 1.26. The smallest absolute Gasteiger partial charge is 0.249 e. The minimum Gasteiger partial charge on any atom is -0.366 e. The molecule has 0 bridgehead atoms. The van der Waals surface area contributed by atoms with Crippen molar-refractivity contribution in [1.82, 2.24) is 0 Å². The monoisotopic (exact) mass is 205 g/mol. The average Bonchev–Trinajstić information content (AvgIpc) is 2.16. The van der Waals surface area contributed by atoms with Crippen molar-refractivity contribution in [3.8, 4) is 0 Å². The van der Waals surface area contributed by atoms with Gasteiger partial charge in [-0.3, -0.25) is 14.4 Å².